The maximum absolute atomic E-state index is 12.4. The van der Waals surface area contributed by atoms with Crippen LogP contribution in [-0.4, -0.2) is 10.8 Å². The fourth-order valence-electron chi connectivity index (χ4n) is 3.59. The van der Waals surface area contributed by atoms with Crippen molar-refractivity contribution in [2.24, 2.45) is 11.8 Å². The van der Waals surface area contributed by atoms with Crippen molar-refractivity contribution in [3.8, 4) is 0 Å². The third-order valence-electron chi connectivity index (χ3n) is 4.51. The monoisotopic (exact) mass is 237 g/mol. The average Bonchev–Trinajstić information content (AvgIpc) is 2.89. The number of aryl methyl sites for hydroxylation is 1. The number of hydrogen-bond donors (Lipinski definition) is 1. The van der Waals surface area contributed by atoms with Crippen molar-refractivity contribution in [1.82, 2.24) is 4.98 Å². The van der Waals surface area contributed by atoms with E-state index in [1.165, 1.54) is 17.5 Å². The lowest BCUT2D eigenvalue weighted by atomic mass is 9.92. The van der Waals surface area contributed by atoms with Gasteiger partial charge >= 0.3 is 0 Å². The summed E-state index contributed by atoms with van der Waals surface area (Å²) < 4.78 is 0. The van der Waals surface area contributed by atoms with Crippen molar-refractivity contribution < 1.29 is 4.79 Å². The minimum atomic E-state index is 0.226. The Bertz CT molecular complexity index is 599. The van der Waals surface area contributed by atoms with E-state index in [1.54, 1.807) is 0 Å². The minimum Gasteiger partial charge on any atom is -0.367 e. The molecule has 2 aliphatic carbocycles. The number of aromatic nitrogens is 1. The third kappa shape index (κ3) is 1.32. The molecule has 2 aromatic rings. The summed E-state index contributed by atoms with van der Waals surface area (Å²) in [7, 11) is 0. The molecule has 4 rings (SSSR count). The number of carbonyl (C=O) groups excluding carboxylic acids is 1. The Kier molecular flexibility index (Phi) is 2.01. The van der Waals surface area contributed by atoms with E-state index in [-0.39, 0.29) is 5.92 Å². The Hall–Kier alpha value is -1.83. The second-order valence-corrected chi connectivity index (χ2v) is 5.42. The van der Waals surface area contributed by atoms with Gasteiger partial charge in [0.25, 0.3) is 0 Å². The van der Waals surface area contributed by atoms with Gasteiger partial charge in [-0.05, 0) is 41.9 Å². The molecule has 0 amide bonds. The number of H-pyrrole nitrogens is 1. The molecule has 1 saturated carbocycles. The lowest BCUT2D eigenvalue weighted by molar-refractivity contribution is 0.0959. The number of nitrogens with one attached hydrogen (secondary N) is 1. The zero-order valence-electron chi connectivity index (χ0n) is 10.1. The number of aromatic amines is 1. The number of hydrogen-bond acceptors (Lipinski definition) is 1. The molecule has 1 N–H and O–H groups in total. The van der Waals surface area contributed by atoms with Crippen LogP contribution in [0.3, 0.4) is 0 Å². The first-order valence-electron chi connectivity index (χ1n) is 6.61. The van der Waals surface area contributed by atoms with Gasteiger partial charge in [0.2, 0.25) is 0 Å². The summed E-state index contributed by atoms with van der Waals surface area (Å²) in [6.07, 6.45) is 5.95. The fourth-order valence-corrected chi connectivity index (χ4v) is 3.59. The van der Waals surface area contributed by atoms with E-state index in [0.29, 0.717) is 17.6 Å². The van der Waals surface area contributed by atoms with E-state index in [0.717, 1.165) is 12.0 Å². The molecule has 0 radical (unpaired) electrons. The number of Topliss-reactive ketones (excluding diaryl/α,β-unsaturated/α-hetero) is 1. The van der Waals surface area contributed by atoms with Crippen molar-refractivity contribution in [1.29, 1.82) is 0 Å². The predicted molar refractivity (Wildman–Crippen MR) is 69.6 cm³/mol. The Morgan fingerprint density at radius 2 is 2.11 bits per heavy atom. The largest absolute Gasteiger partial charge is 0.367 e. The van der Waals surface area contributed by atoms with Crippen LogP contribution in [0.25, 0.3) is 0 Å². The van der Waals surface area contributed by atoms with Gasteiger partial charge in [-0.1, -0.05) is 24.3 Å². The zero-order valence-corrected chi connectivity index (χ0v) is 10.1. The number of carbonyl (C=O) groups is 1. The normalized spacial score (nSPS) is 28.3. The molecule has 2 nitrogen and oxygen atoms in total. The molecule has 3 atom stereocenters. The Morgan fingerprint density at radius 3 is 2.94 bits per heavy atom. The summed E-state index contributed by atoms with van der Waals surface area (Å²) in [5, 5.41) is 0. The predicted octanol–water partition coefficient (Wildman–Crippen LogP) is 3.17. The smallest absolute Gasteiger partial charge is 0.168 e. The van der Waals surface area contributed by atoms with Crippen LogP contribution in [0.1, 0.15) is 33.8 Å². The molecule has 0 spiro atoms. The van der Waals surface area contributed by atoms with Crippen LogP contribution in [-0.2, 0) is 6.42 Å². The maximum Gasteiger partial charge on any atom is 0.168 e. The number of ketones is 1. The van der Waals surface area contributed by atoms with E-state index in [4.69, 9.17) is 0 Å². The lowest BCUT2D eigenvalue weighted by Gasteiger charge is -2.13. The van der Waals surface area contributed by atoms with Crippen molar-refractivity contribution in [2.45, 2.75) is 18.8 Å². The van der Waals surface area contributed by atoms with E-state index < -0.39 is 0 Å². The molecular formula is C16H15NO. The van der Waals surface area contributed by atoms with Gasteiger partial charge < -0.3 is 4.98 Å². The van der Waals surface area contributed by atoms with Crippen LogP contribution in [0.15, 0.2) is 42.7 Å². The molecule has 1 fully saturated rings. The number of fused-ring (bicyclic) bond motifs is 3. The van der Waals surface area contributed by atoms with Crippen LogP contribution in [0.4, 0.5) is 0 Å². The highest BCUT2D eigenvalue weighted by Gasteiger charge is 2.56. The van der Waals surface area contributed by atoms with Gasteiger partial charge in [-0.3, -0.25) is 4.79 Å². The Morgan fingerprint density at radius 1 is 1.22 bits per heavy atom. The third-order valence-corrected chi connectivity index (χ3v) is 4.51. The molecule has 1 heterocycles. The van der Waals surface area contributed by atoms with Crippen LogP contribution >= 0.6 is 0 Å². The number of benzene rings is 1. The van der Waals surface area contributed by atoms with Crippen LogP contribution in [0, 0.1) is 11.8 Å². The summed E-state index contributed by atoms with van der Waals surface area (Å²) >= 11 is 0. The van der Waals surface area contributed by atoms with Crippen LogP contribution in [0.5, 0.6) is 0 Å². The first kappa shape index (κ1) is 10.1. The van der Waals surface area contributed by atoms with Gasteiger partial charge in [-0.25, -0.2) is 0 Å². The molecule has 0 saturated heterocycles. The highest BCUT2D eigenvalue weighted by atomic mass is 16.1. The van der Waals surface area contributed by atoms with Gasteiger partial charge in [0.05, 0.1) is 0 Å². The van der Waals surface area contributed by atoms with Crippen LogP contribution in [0.2, 0.25) is 0 Å². The molecule has 0 bridgehead atoms. The Balaban J connectivity index is 1.67. The summed E-state index contributed by atoms with van der Waals surface area (Å²) in [5.74, 6) is 1.62. The standard InChI is InChI=1S/C16H15NO/c18-16(11-7-8-17-9-11)15-13-6-5-10-3-1-2-4-12(10)14(13)15/h1-4,7-9,13-15,17H,5-6H2. The summed E-state index contributed by atoms with van der Waals surface area (Å²) in [5.41, 5.74) is 3.71. The van der Waals surface area contributed by atoms with Crippen LogP contribution < -0.4 is 0 Å². The molecule has 2 heteroatoms. The topological polar surface area (TPSA) is 32.9 Å². The van der Waals surface area contributed by atoms with Gasteiger partial charge in [-0.15, -0.1) is 0 Å². The molecule has 1 aromatic heterocycles. The molecule has 18 heavy (non-hydrogen) atoms. The second-order valence-electron chi connectivity index (χ2n) is 5.42. The van der Waals surface area contributed by atoms with Gasteiger partial charge in [0.15, 0.2) is 5.78 Å². The van der Waals surface area contributed by atoms with E-state index >= 15 is 0 Å². The molecule has 90 valence electrons. The van der Waals surface area contributed by atoms with E-state index in [9.17, 15) is 4.79 Å². The summed E-state index contributed by atoms with van der Waals surface area (Å²) in [6.45, 7) is 0. The number of rotatable bonds is 2. The summed E-state index contributed by atoms with van der Waals surface area (Å²) in [4.78, 5) is 15.4. The van der Waals surface area contributed by atoms with E-state index in [1.807, 2.05) is 18.5 Å². The van der Waals surface area contributed by atoms with Gasteiger partial charge in [-0.2, -0.15) is 0 Å². The lowest BCUT2D eigenvalue weighted by Crippen LogP contribution is -2.02. The first-order chi connectivity index (χ1) is 8.86. The van der Waals surface area contributed by atoms with E-state index in [2.05, 4.69) is 29.2 Å². The van der Waals surface area contributed by atoms with Crippen molar-refractivity contribution in [3.63, 3.8) is 0 Å². The Labute approximate surface area is 106 Å². The minimum absolute atomic E-state index is 0.226. The quantitative estimate of drug-likeness (QED) is 0.799. The maximum atomic E-state index is 12.4. The van der Waals surface area contributed by atoms with Crippen molar-refractivity contribution >= 4 is 5.78 Å². The fraction of sp³-hybridized carbons (Fsp3) is 0.312. The second kappa shape index (κ2) is 3.58. The molecule has 0 aliphatic heterocycles. The molecular weight excluding hydrogens is 222 g/mol. The molecule has 3 unspecified atom stereocenters. The summed E-state index contributed by atoms with van der Waals surface area (Å²) in [6, 6.07) is 10.5. The molecule has 2 aliphatic rings. The van der Waals surface area contributed by atoms with Crippen molar-refractivity contribution in [2.75, 3.05) is 0 Å². The highest BCUT2D eigenvalue weighted by Crippen LogP contribution is 2.60. The SMILES string of the molecule is O=C(c1cc[nH]c1)C1C2CCc3ccccc3C21. The van der Waals surface area contributed by atoms with Crippen molar-refractivity contribution in [3.05, 3.63) is 59.4 Å². The average molecular weight is 237 g/mol. The first-order valence-corrected chi connectivity index (χ1v) is 6.61. The highest BCUT2D eigenvalue weighted by molar-refractivity contribution is 6.00. The zero-order chi connectivity index (χ0) is 12.1. The van der Waals surface area contributed by atoms with Gasteiger partial charge in [0, 0.05) is 23.9 Å². The molecule has 1 aromatic carbocycles. The van der Waals surface area contributed by atoms with Gasteiger partial charge in [0.1, 0.15) is 0 Å².